The standard InChI is InChI=1S/C13H14ClNO2/c1-13(2,3)17-10-6-4-9(5-7-10)11-8-15-12(14)16-11/h4-8H,1-3H3. The van der Waals surface area contributed by atoms with Crippen molar-refractivity contribution in [2.45, 2.75) is 26.4 Å². The number of oxazole rings is 1. The molecule has 2 aromatic rings. The second-order valence-electron chi connectivity index (χ2n) is 4.72. The van der Waals surface area contributed by atoms with Gasteiger partial charge in [-0.2, -0.15) is 0 Å². The molecule has 0 aliphatic heterocycles. The van der Waals surface area contributed by atoms with Crippen LogP contribution in [0.25, 0.3) is 11.3 Å². The number of nitrogens with zero attached hydrogens (tertiary/aromatic N) is 1. The summed E-state index contributed by atoms with van der Waals surface area (Å²) in [6.07, 6.45) is 1.60. The van der Waals surface area contributed by atoms with E-state index in [-0.39, 0.29) is 11.0 Å². The highest BCUT2D eigenvalue weighted by atomic mass is 35.5. The van der Waals surface area contributed by atoms with Crippen LogP contribution in [-0.4, -0.2) is 10.6 Å². The number of halogens is 1. The van der Waals surface area contributed by atoms with Gasteiger partial charge in [-0.15, -0.1) is 0 Å². The van der Waals surface area contributed by atoms with E-state index in [1.54, 1.807) is 6.20 Å². The van der Waals surface area contributed by atoms with Crippen molar-refractivity contribution in [3.05, 3.63) is 35.8 Å². The van der Waals surface area contributed by atoms with Crippen LogP contribution in [0.4, 0.5) is 0 Å². The Labute approximate surface area is 105 Å². The van der Waals surface area contributed by atoms with E-state index in [4.69, 9.17) is 20.8 Å². The lowest BCUT2D eigenvalue weighted by Gasteiger charge is -2.21. The number of aromatic nitrogens is 1. The van der Waals surface area contributed by atoms with Gasteiger partial charge in [0.1, 0.15) is 11.4 Å². The van der Waals surface area contributed by atoms with Crippen molar-refractivity contribution in [3.63, 3.8) is 0 Å². The Bertz CT molecular complexity index is 497. The first kappa shape index (κ1) is 12.0. The summed E-state index contributed by atoms with van der Waals surface area (Å²) in [6.45, 7) is 6.03. The molecule has 0 fully saturated rings. The Morgan fingerprint density at radius 1 is 1.18 bits per heavy atom. The van der Waals surface area contributed by atoms with Gasteiger partial charge in [0, 0.05) is 5.56 Å². The fourth-order valence-electron chi connectivity index (χ4n) is 1.43. The number of ether oxygens (including phenoxy) is 1. The molecule has 17 heavy (non-hydrogen) atoms. The maximum Gasteiger partial charge on any atom is 0.292 e. The molecule has 0 spiro atoms. The molecule has 1 aromatic heterocycles. The first-order valence-corrected chi connectivity index (χ1v) is 5.73. The minimum absolute atomic E-state index is 0.148. The highest BCUT2D eigenvalue weighted by Crippen LogP contribution is 2.26. The van der Waals surface area contributed by atoms with Crippen molar-refractivity contribution in [1.82, 2.24) is 4.98 Å². The molecule has 1 heterocycles. The second-order valence-corrected chi connectivity index (χ2v) is 5.04. The van der Waals surface area contributed by atoms with Gasteiger partial charge in [-0.25, -0.2) is 4.98 Å². The highest BCUT2D eigenvalue weighted by molar-refractivity contribution is 6.27. The monoisotopic (exact) mass is 251 g/mol. The normalized spacial score (nSPS) is 11.5. The molecule has 0 N–H and O–H groups in total. The van der Waals surface area contributed by atoms with E-state index < -0.39 is 0 Å². The molecule has 90 valence electrons. The van der Waals surface area contributed by atoms with E-state index in [1.807, 2.05) is 45.0 Å². The molecule has 0 radical (unpaired) electrons. The van der Waals surface area contributed by atoms with Crippen molar-refractivity contribution in [2.75, 3.05) is 0 Å². The summed E-state index contributed by atoms with van der Waals surface area (Å²) < 4.78 is 10.9. The van der Waals surface area contributed by atoms with Gasteiger partial charge in [-0.3, -0.25) is 0 Å². The Morgan fingerprint density at radius 2 is 1.82 bits per heavy atom. The first-order valence-electron chi connectivity index (χ1n) is 5.35. The zero-order valence-electron chi connectivity index (χ0n) is 10.0. The van der Waals surface area contributed by atoms with Gasteiger partial charge in [-0.1, -0.05) is 0 Å². The number of benzene rings is 1. The average molecular weight is 252 g/mol. The number of rotatable bonds is 2. The molecule has 0 aliphatic carbocycles. The fourth-order valence-corrected chi connectivity index (χ4v) is 1.56. The Hall–Kier alpha value is -1.48. The third-order valence-electron chi connectivity index (χ3n) is 2.04. The summed E-state index contributed by atoms with van der Waals surface area (Å²) in [5.41, 5.74) is 0.725. The van der Waals surface area contributed by atoms with Crippen LogP contribution in [0.3, 0.4) is 0 Å². The molecule has 0 atom stereocenters. The lowest BCUT2D eigenvalue weighted by Crippen LogP contribution is -2.22. The lowest BCUT2D eigenvalue weighted by atomic mass is 10.1. The van der Waals surface area contributed by atoms with Gasteiger partial charge in [0.05, 0.1) is 6.20 Å². The van der Waals surface area contributed by atoms with E-state index in [2.05, 4.69) is 4.98 Å². The molecule has 1 aromatic carbocycles. The topological polar surface area (TPSA) is 35.3 Å². The van der Waals surface area contributed by atoms with Crippen LogP contribution in [-0.2, 0) is 0 Å². The third kappa shape index (κ3) is 3.24. The van der Waals surface area contributed by atoms with E-state index in [9.17, 15) is 0 Å². The van der Waals surface area contributed by atoms with E-state index >= 15 is 0 Å². The van der Waals surface area contributed by atoms with Crippen LogP contribution in [0, 0.1) is 0 Å². The average Bonchev–Trinajstić information content (AvgIpc) is 2.63. The second kappa shape index (κ2) is 4.41. The van der Waals surface area contributed by atoms with Crippen LogP contribution in [0.15, 0.2) is 34.9 Å². The van der Waals surface area contributed by atoms with Gasteiger partial charge in [0.15, 0.2) is 5.76 Å². The summed E-state index contributed by atoms with van der Waals surface area (Å²) in [7, 11) is 0. The molecule has 3 nitrogen and oxygen atoms in total. The summed E-state index contributed by atoms with van der Waals surface area (Å²) in [4.78, 5) is 3.84. The minimum Gasteiger partial charge on any atom is -0.488 e. The maximum atomic E-state index is 5.73. The van der Waals surface area contributed by atoms with Crippen LogP contribution >= 0.6 is 11.6 Å². The quantitative estimate of drug-likeness (QED) is 0.803. The highest BCUT2D eigenvalue weighted by Gasteiger charge is 2.12. The molecule has 0 bridgehead atoms. The molecule has 4 heteroatoms. The fraction of sp³-hybridized carbons (Fsp3) is 0.308. The SMILES string of the molecule is CC(C)(C)Oc1ccc(-c2cnc(Cl)o2)cc1. The van der Waals surface area contributed by atoms with Crippen LogP contribution in [0.2, 0.25) is 5.35 Å². The number of hydrogen-bond donors (Lipinski definition) is 0. The van der Waals surface area contributed by atoms with Crippen molar-refractivity contribution in [1.29, 1.82) is 0 Å². The van der Waals surface area contributed by atoms with Gasteiger partial charge < -0.3 is 9.15 Å². The van der Waals surface area contributed by atoms with Crippen LogP contribution in [0.5, 0.6) is 5.75 Å². The van der Waals surface area contributed by atoms with Gasteiger partial charge in [0.2, 0.25) is 0 Å². The van der Waals surface area contributed by atoms with Gasteiger partial charge in [0.25, 0.3) is 5.35 Å². The molecule has 2 rings (SSSR count). The Kier molecular flexibility index (Phi) is 3.11. The molecular weight excluding hydrogens is 238 g/mol. The Balaban J connectivity index is 2.19. The van der Waals surface area contributed by atoms with Crippen LogP contribution < -0.4 is 4.74 Å². The predicted molar refractivity (Wildman–Crippen MR) is 67.3 cm³/mol. The zero-order chi connectivity index (χ0) is 12.5. The van der Waals surface area contributed by atoms with E-state index in [1.165, 1.54) is 0 Å². The van der Waals surface area contributed by atoms with Crippen molar-refractivity contribution in [2.24, 2.45) is 0 Å². The summed E-state index contributed by atoms with van der Waals surface area (Å²) >= 11 is 5.63. The summed E-state index contributed by atoms with van der Waals surface area (Å²) in [5, 5.41) is 0.148. The molecule has 0 saturated carbocycles. The van der Waals surface area contributed by atoms with Crippen molar-refractivity contribution < 1.29 is 9.15 Å². The smallest absolute Gasteiger partial charge is 0.292 e. The molecule has 0 aliphatic rings. The summed E-state index contributed by atoms with van der Waals surface area (Å²) in [6, 6.07) is 7.63. The summed E-state index contributed by atoms with van der Waals surface area (Å²) in [5.74, 6) is 1.48. The van der Waals surface area contributed by atoms with Crippen molar-refractivity contribution in [3.8, 4) is 17.1 Å². The minimum atomic E-state index is -0.197. The van der Waals surface area contributed by atoms with E-state index in [0.29, 0.717) is 5.76 Å². The molecule has 0 amide bonds. The largest absolute Gasteiger partial charge is 0.488 e. The first-order chi connectivity index (χ1) is 7.94. The Morgan fingerprint density at radius 3 is 2.29 bits per heavy atom. The molecular formula is C13H14ClNO2. The molecule has 0 saturated heterocycles. The van der Waals surface area contributed by atoms with Crippen LogP contribution in [0.1, 0.15) is 20.8 Å². The maximum absolute atomic E-state index is 5.73. The zero-order valence-corrected chi connectivity index (χ0v) is 10.8. The predicted octanol–water partition coefficient (Wildman–Crippen LogP) is 4.17. The van der Waals surface area contributed by atoms with Gasteiger partial charge >= 0.3 is 0 Å². The van der Waals surface area contributed by atoms with E-state index in [0.717, 1.165) is 11.3 Å². The van der Waals surface area contributed by atoms with Crippen molar-refractivity contribution >= 4 is 11.6 Å². The van der Waals surface area contributed by atoms with Gasteiger partial charge in [-0.05, 0) is 56.6 Å². The lowest BCUT2D eigenvalue weighted by molar-refractivity contribution is 0.131. The molecule has 0 unspecified atom stereocenters. The number of hydrogen-bond acceptors (Lipinski definition) is 3. The third-order valence-corrected chi connectivity index (χ3v) is 2.22.